The molecule has 2 atom stereocenters. The molecule has 0 radical (unpaired) electrons. The van der Waals surface area contributed by atoms with Crippen LogP contribution in [0.1, 0.15) is 6.92 Å². The first-order valence-corrected chi connectivity index (χ1v) is 3.61. The van der Waals surface area contributed by atoms with Gasteiger partial charge in [0.25, 0.3) is 0 Å². The molecule has 2 unspecified atom stereocenters. The predicted molar refractivity (Wildman–Crippen MR) is 30.4 cm³/mol. The molecule has 0 spiro atoms. The Morgan fingerprint density at radius 1 is 1.18 bits per heavy atom. The van der Waals surface area contributed by atoms with E-state index in [2.05, 4.69) is 9.47 Å². The second-order valence-corrected chi connectivity index (χ2v) is 3.05. The van der Waals surface area contributed by atoms with Crippen LogP contribution in [0.25, 0.3) is 0 Å². The molecular formula is C6H3F6KO4. The number of aliphatic carboxylic acids is 1. The molecule has 1 rings (SSSR count). The van der Waals surface area contributed by atoms with E-state index in [1.807, 2.05) is 0 Å². The fourth-order valence-corrected chi connectivity index (χ4v) is 0.965. The van der Waals surface area contributed by atoms with E-state index in [4.69, 9.17) is 0 Å². The Morgan fingerprint density at radius 3 is 1.76 bits per heavy atom. The second-order valence-electron chi connectivity index (χ2n) is 3.05. The fraction of sp³-hybridized carbons (Fsp3) is 0.833. The molecule has 4 nitrogen and oxygen atoms in total. The number of carboxylic acids is 1. The topological polar surface area (TPSA) is 58.6 Å². The summed E-state index contributed by atoms with van der Waals surface area (Å²) in [6.45, 7) is 0.170. The molecule has 1 saturated heterocycles. The van der Waals surface area contributed by atoms with E-state index in [0.717, 1.165) is 0 Å². The van der Waals surface area contributed by atoms with Crippen LogP contribution in [0.3, 0.4) is 0 Å². The standard InChI is InChI=1S/C6H4F6O4.K/c1-3(2(13)14)15-4(7,5(8,9)10)6(11,12)16-3;/h1H3,(H,13,14);/q;+1/p-1. The maximum Gasteiger partial charge on any atom is 1.00 e. The van der Waals surface area contributed by atoms with E-state index in [9.17, 15) is 36.2 Å². The summed E-state index contributed by atoms with van der Waals surface area (Å²) in [5.74, 6) is -11.6. The number of rotatable bonds is 1. The van der Waals surface area contributed by atoms with Crippen LogP contribution in [0, 0.1) is 0 Å². The molecular weight excluding hydrogens is 289 g/mol. The van der Waals surface area contributed by atoms with Crippen molar-refractivity contribution in [3.63, 3.8) is 0 Å². The van der Waals surface area contributed by atoms with E-state index in [1.54, 1.807) is 0 Å². The van der Waals surface area contributed by atoms with Crippen molar-refractivity contribution in [3.05, 3.63) is 0 Å². The van der Waals surface area contributed by atoms with Gasteiger partial charge in [-0.25, -0.2) is 0 Å². The number of ether oxygens (including phenoxy) is 2. The number of hydrogen-bond acceptors (Lipinski definition) is 4. The Labute approximate surface area is 133 Å². The number of alkyl halides is 6. The van der Waals surface area contributed by atoms with Gasteiger partial charge in [-0.05, 0) is 6.92 Å². The zero-order chi connectivity index (χ0) is 13.0. The summed E-state index contributed by atoms with van der Waals surface area (Å²) in [5, 5.41) is 10.2. The molecule has 1 aliphatic heterocycles. The van der Waals surface area contributed by atoms with E-state index < -0.39 is 29.9 Å². The van der Waals surface area contributed by atoms with Crippen molar-refractivity contribution in [2.45, 2.75) is 30.9 Å². The van der Waals surface area contributed by atoms with Gasteiger partial charge in [-0.3, -0.25) is 9.47 Å². The minimum Gasteiger partial charge on any atom is -0.544 e. The Hall–Kier alpha value is 0.606. The third kappa shape index (κ3) is 2.64. The van der Waals surface area contributed by atoms with Gasteiger partial charge in [0.1, 0.15) is 5.97 Å². The van der Waals surface area contributed by atoms with E-state index in [-0.39, 0.29) is 58.3 Å². The molecule has 0 aromatic rings. The third-order valence-electron chi connectivity index (χ3n) is 1.77. The monoisotopic (exact) mass is 292 g/mol. The van der Waals surface area contributed by atoms with Gasteiger partial charge in [0.15, 0.2) is 0 Å². The molecule has 17 heavy (non-hydrogen) atoms. The molecule has 1 fully saturated rings. The zero-order valence-corrected chi connectivity index (χ0v) is 11.5. The smallest absolute Gasteiger partial charge is 0.544 e. The van der Waals surface area contributed by atoms with Crippen molar-refractivity contribution in [3.8, 4) is 0 Å². The van der Waals surface area contributed by atoms with Gasteiger partial charge in [-0.1, -0.05) is 0 Å². The van der Waals surface area contributed by atoms with Crippen molar-refractivity contribution in [2.24, 2.45) is 0 Å². The zero-order valence-electron chi connectivity index (χ0n) is 8.40. The average Bonchev–Trinajstić information content (AvgIpc) is 2.18. The van der Waals surface area contributed by atoms with Gasteiger partial charge >= 0.3 is 69.5 Å². The Morgan fingerprint density at radius 2 is 1.59 bits per heavy atom. The minimum atomic E-state index is -6.16. The molecule has 0 aliphatic carbocycles. The largest absolute Gasteiger partial charge is 1.00 e. The van der Waals surface area contributed by atoms with Crippen molar-refractivity contribution < 1.29 is 97.1 Å². The van der Waals surface area contributed by atoms with Crippen LogP contribution in [0.4, 0.5) is 26.3 Å². The number of carbonyl (C=O) groups is 1. The summed E-state index contributed by atoms with van der Waals surface area (Å²) in [5.41, 5.74) is 0. The van der Waals surface area contributed by atoms with Gasteiger partial charge in [-0.15, -0.1) is 0 Å². The molecule has 1 heterocycles. The number of carbonyl (C=O) groups excluding carboxylic acids is 1. The maximum absolute atomic E-state index is 12.9. The van der Waals surface area contributed by atoms with Crippen molar-refractivity contribution in [1.29, 1.82) is 0 Å². The van der Waals surface area contributed by atoms with Gasteiger partial charge in [0, 0.05) is 0 Å². The first-order valence-electron chi connectivity index (χ1n) is 3.61. The molecule has 0 bridgehead atoms. The first kappa shape index (κ1) is 17.6. The summed E-state index contributed by atoms with van der Waals surface area (Å²) < 4.78 is 80.4. The van der Waals surface area contributed by atoms with Crippen LogP contribution in [-0.2, 0) is 14.3 Å². The molecule has 0 N–H and O–H groups in total. The van der Waals surface area contributed by atoms with Crippen LogP contribution >= 0.6 is 0 Å². The molecule has 1 aliphatic rings. The number of halogens is 6. The molecule has 0 aromatic heterocycles. The average molecular weight is 292 g/mol. The van der Waals surface area contributed by atoms with E-state index >= 15 is 0 Å². The second kappa shape index (κ2) is 4.61. The normalized spacial score (nSPS) is 36.4. The Kier molecular flexibility index (Phi) is 4.78. The molecule has 0 aromatic carbocycles. The molecule has 0 amide bonds. The molecule has 94 valence electrons. The third-order valence-corrected chi connectivity index (χ3v) is 1.77. The van der Waals surface area contributed by atoms with E-state index in [0.29, 0.717) is 0 Å². The Balaban J connectivity index is 0.00000256. The predicted octanol–water partition coefficient (Wildman–Crippen LogP) is -2.68. The summed E-state index contributed by atoms with van der Waals surface area (Å²) in [4.78, 5) is 10.2. The van der Waals surface area contributed by atoms with Gasteiger partial charge in [0.2, 0.25) is 5.79 Å². The van der Waals surface area contributed by atoms with Crippen molar-refractivity contribution in [2.75, 3.05) is 0 Å². The fourth-order valence-electron chi connectivity index (χ4n) is 0.965. The van der Waals surface area contributed by atoms with Gasteiger partial charge < -0.3 is 9.90 Å². The number of carboxylic acid groups (broad SMARTS) is 1. The number of hydrogen-bond donors (Lipinski definition) is 0. The van der Waals surface area contributed by atoms with Gasteiger partial charge in [0.05, 0.1) is 0 Å². The van der Waals surface area contributed by atoms with Crippen molar-refractivity contribution >= 4 is 5.97 Å². The molecule has 0 saturated carbocycles. The van der Waals surface area contributed by atoms with Crippen LogP contribution in [0.5, 0.6) is 0 Å². The quantitative estimate of drug-likeness (QED) is 0.390. The van der Waals surface area contributed by atoms with Crippen LogP contribution in [0.15, 0.2) is 0 Å². The maximum atomic E-state index is 12.9. The van der Waals surface area contributed by atoms with Crippen LogP contribution in [-0.4, -0.2) is 29.9 Å². The summed E-state index contributed by atoms with van der Waals surface area (Å²) >= 11 is 0. The molecule has 11 heteroatoms. The first-order chi connectivity index (χ1) is 6.86. The van der Waals surface area contributed by atoms with Crippen molar-refractivity contribution in [1.82, 2.24) is 0 Å². The van der Waals surface area contributed by atoms with E-state index in [1.165, 1.54) is 0 Å². The minimum absolute atomic E-state index is 0. The van der Waals surface area contributed by atoms with Gasteiger partial charge in [-0.2, -0.15) is 26.3 Å². The summed E-state index contributed by atoms with van der Waals surface area (Å²) in [6, 6.07) is 0. The SMILES string of the molecule is CC1(C(=O)[O-])OC(F)(F)C(F)(C(F)(F)F)O1.[K+]. The Bertz CT molecular complexity index is 333. The van der Waals surface area contributed by atoms with Crippen LogP contribution < -0.4 is 56.5 Å². The summed E-state index contributed by atoms with van der Waals surface area (Å²) in [7, 11) is 0. The summed E-state index contributed by atoms with van der Waals surface area (Å²) in [6.07, 6.45) is -11.6. The van der Waals surface area contributed by atoms with Crippen LogP contribution in [0.2, 0.25) is 0 Å².